The Bertz CT molecular complexity index is 486. The Kier molecular flexibility index (Phi) is 4.68. The monoisotopic (exact) mass is 259 g/mol. The van der Waals surface area contributed by atoms with Crippen LogP contribution in [0.2, 0.25) is 0 Å². The number of benzene rings is 1. The minimum Gasteiger partial charge on any atom is -0.298 e. The number of ketones is 1. The van der Waals surface area contributed by atoms with Crippen LogP contribution in [0.25, 0.3) is 0 Å². The van der Waals surface area contributed by atoms with Crippen LogP contribution < -0.4 is 0 Å². The van der Waals surface area contributed by atoms with Crippen molar-refractivity contribution in [1.29, 1.82) is 5.26 Å². The zero-order valence-electron chi connectivity index (χ0n) is 10.9. The van der Waals surface area contributed by atoms with Gasteiger partial charge in [0, 0.05) is 12.0 Å². The Balaban J connectivity index is 2.07. The van der Waals surface area contributed by atoms with Gasteiger partial charge in [-0.2, -0.15) is 5.26 Å². The number of hydrogen-bond acceptors (Lipinski definition) is 2. The van der Waals surface area contributed by atoms with E-state index in [1.807, 2.05) is 6.07 Å². The molecule has 0 amide bonds. The van der Waals surface area contributed by atoms with Crippen molar-refractivity contribution in [1.82, 2.24) is 0 Å². The molecular weight excluding hydrogens is 241 g/mol. The van der Waals surface area contributed by atoms with E-state index < -0.39 is 11.7 Å². The number of rotatable bonds is 4. The molecule has 3 heteroatoms. The molecule has 1 aromatic rings. The summed E-state index contributed by atoms with van der Waals surface area (Å²) < 4.78 is 13.7. The summed E-state index contributed by atoms with van der Waals surface area (Å²) in [6.45, 7) is 0. The van der Waals surface area contributed by atoms with E-state index in [0.717, 1.165) is 25.7 Å². The zero-order valence-corrected chi connectivity index (χ0v) is 10.9. The summed E-state index contributed by atoms with van der Waals surface area (Å²) >= 11 is 0. The molecule has 1 atom stereocenters. The SMILES string of the molecule is N#CC(C(=O)CC1CCCCC1)c1ccccc1F. The van der Waals surface area contributed by atoms with Gasteiger partial charge < -0.3 is 0 Å². The van der Waals surface area contributed by atoms with Gasteiger partial charge in [-0.25, -0.2) is 4.39 Å². The van der Waals surface area contributed by atoms with Crippen molar-refractivity contribution >= 4 is 5.78 Å². The first kappa shape index (κ1) is 13.7. The Morgan fingerprint density at radius 2 is 2.00 bits per heavy atom. The van der Waals surface area contributed by atoms with E-state index >= 15 is 0 Å². The molecule has 2 nitrogen and oxygen atoms in total. The topological polar surface area (TPSA) is 40.9 Å². The van der Waals surface area contributed by atoms with E-state index in [1.165, 1.54) is 18.6 Å². The first-order valence-electron chi connectivity index (χ1n) is 6.89. The van der Waals surface area contributed by atoms with Crippen LogP contribution >= 0.6 is 0 Å². The van der Waals surface area contributed by atoms with Crippen molar-refractivity contribution in [3.05, 3.63) is 35.6 Å². The van der Waals surface area contributed by atoms with Gasteiger partial charge in [-0.1, -0.05) is 50.3 Å². The van der Waals surface area contributed by atoms with Crippen LogP contribution in [0.4, 0.5) is 4.39 Å². The molecule has 2 rings (SSSR count). The van der Waals surface area contributed by atoms with Gasteiger partial charge in [0.2, 0.25) is 0 Å². The average molecular weight is 259 g/mol. The van der Waals surface area contributed by atoms with Gasteiger partial charge in [0.25, 0.3) is 0 Å². The number of Topliss-reactive ketones (excluding diaryl/α,β-unsaturated/α-hetero) is 1. The summed E-state index contributed by atoms with van der Waals surface area (Å²) in [6.07, 6.45) is 6.08. The van der Waals surface area contributed by atoms with Crippen LogP contribution in [0, 0.1) is 23.1 Å². The third kappa shape index (κ3) is 3.41. The fourth-order valence-electron chi connectivity index (χ4n) is 2.82. The largest absolute Gasteiger partial charge is 0.298 e. The van der Waals surface area contributed by atoms with E-state index in [1.54, 1.807) is 12.1 Å². The minimum atomic E-state index is -0.955. The molecule has 0 spiro atoms. The highest BCUT2D eigenvalue weighted by atomic mass is 19.1. The van der Waals surface area contributed by atoms with Gasteiger partial charge in [0.1, 0.15) is 11.7 Å². The molecule has 0 aliphatic heterocycles. The molecule has 0 aromatic heterocycles. The second kappa shape index (κ2) is 6.47. The molecule has 1 aromatic carbocycles. The molecule has 1 unspecified atom stereocenters. The second-order valence-corrected chi connectivity index (χ2v) is 5.26. The van der Waals surface area contributed by atoms with Crippen LogP contribution in [0.15, 0.2) is 24.3 Å². The Morgan fingerprint density at radius 3 is 2.63 bits per heavy atom. The standard InChI is InChI=1S/C16H18FNO/c17-15-9-5-4-8-13(15)14(11-18)16(19)10-12-6-2-1-3-7-12/h4-5,8-9,12,14H,1-3,6-7,10H2. The molecule has 1 aliphatic carbocycles. The molecule has 1 saturated carbocycles. The zero-order chi connectivity index (χ0) is 13.7. The number of carbonyl (C=O) groups excluding carboxylic acids is 1. The molecule has 19 heavy (non-hydrogen) atoms. The van der Waals surface area contributed by atoms with Gasteiger partial charge in [0.15, 0.2) is 5.78 Å². The van der Waals surface area contributed by atoms with E-state index in [0.29, 0.717) is 12.3 Å². The highest BCUT2D eigenvalue weighted by Gasteiger charge is 2.26. The fourth-order valence-corrected chi connectivity index (χ4v) is 2.82. The number of carbonyl (C=O) groups is 1. The summed E-state index contributed by atoms with van der Waals surface area (Å²) in [5.41, 5.74) is 0.214. The van der Waals surface area contributed by atoms with Crippen molar-refractivity contribution in [3.63, 3.8) is 0 Å². The van der Waals surface area contributed by atoms with Crippen molar-refractivity contribution in [2.24, 2.45) is 5.92 Å². The van der Waals surface area contributed by atoms with Crippen molar-refractivity contribution in [2.75, 3.05) is 0 Å². The van der Waals surface area contributed by atoms with Gasteiger partial charge in [-0.05, 0) is 12.0 Å². The maximum Gasteiger partial charge on any atom is 0.154 e. The number of nitrogens with zero attached hydrogens (tertiary/aromatic N) is 1. The fraction of sp³-hybridized carbons (Fsp3) is 0.500. The Hall–Kier alpha value is -1.69. The van der Waals surface area contributed by atoms with Gasteiger partial charge >= 0.3 is 0 Å². The maximum absolute atomic E-state index is 13.7. The van der Waals surface area contributed by atoms with Crippen molar-refractivity contribution < 1.29 is 9.18 Å². The Labute approximate surface area is 113 Å². The summed E-state index contributed by atoms with van der Waals surface area (Å²) in [5.74, 6) is -1.18. The van der Waals surface area contributed by atoms with E-state index in [-0.39, 0.29) is 11.3 Å². The quantitative estimate of drug-likeness (QED) is 0.820. The summed E-state index contributed by atoms with van der Waals surface area (Å²) in [5, 5.41) is 9.17. The lowest BCUT2D eigenvalue weighted by molar-refractivity contribution is -0.120. The number of nitriles is 1. The van der Waals surface area contributed by atoms with Crippen LogP contribution in [-0.2, 0) is 4.79 Å². The van der Waals surface area contributed by atoms with E-state index in [2.05, 4.69) is 0 Å². The Morgan fingerprint density at radius 1 is 1.32 bits per heavy atom. The smallest absolute Gasteiger partial charge is 0.154 e. The van der Waals surface area contributed by atoms with E-state index in [9.17, 15) is 9.18 Å². The van der Waals surface area contributed by atoms with Crippen LogP contribution in [0.3, 0.4) is 0 Å². The molecule has 0 bridgehead atoms. The lowest BCUT2D eigenvalue weighted by Gasteiger charge is -2.21. The summed E-state index contributed by atoms with van der Waals surface area (Å²) in [6, 6.07) is 8.02. The molecule has 1 aliphatic rings. The summed E-state index contributed by atoms with van der Waals surface area (Å²) in [4.78, 5) is 12.2. The van der Waals surface area contributed by atoms with Crippen LogP contribution in [0.1, 0.15) is 50.0 Å². The molecule has 0 heterocycles. The van der Waals surface area contributed by atoms with Gasteiger partial charge in [-0.15, -0.1) is 0 Å². The minimum absolute atomic E-state index is 0.139. The molecular formula is C16H18FNO. The van der Waals surface area contributed by atoms with Crippen LogP contribution in [0.5, 0.6) is 0 Å². The molecule has 0 N–H and O–H groups in total. The third-order valence-corrected chi connectivity index (χ3v) is 3.88. The number of halogens is 1. The lowest BCUT2D eigenvalue weighted by Crippen LogP contribution is -2.18. The van der Waals surface area contributed by atoms with E-state index in [4.69, 9.17) is 5.26 Å². The van der Waals surface area contributed by atoms with Crippen molar-refractivity contribution in [3.8, 4) is 6.07 Å². The van der Waals surface area contributed by atoms with Gasteiger partial charge in [0.05, 0.1) is 6.07 Å². The summed E-state index contributed by atoms with van der Waals surface area (Å²) in [7, 11) is 0. The molecule has 1 fully saturated rings. The second-order valence-electron chi connectivity index (χ2n) is 5.26. The van der Waals surface area contributed by atoms with Crippen molar-refractivity contribution in [2.45, 2.75) is 44.4 Å². The van der Waals surface area contributed by atoms with Crippen LogP contribution in [-0.4, -0.2) is 5.78 Å². The number of hydrogen-bond donors (Lipinski definition) is 0. The third-order valence-electron chi connectivity index (χ3n) is 3.88. The molecule has 100 valence electrons. The van der Waals surface area contributed by atoms with Gasteiger partial charge in [-0.3, -0.25) is 4.79 Å². The average Bonchev–Trinajstić information content (AvgIpc) is 2.43. The first-order valence-corrected chi connectivity index (χ1v) is 6.89. The molecule has 0 radical (unpaired) electrons. The lowest BCUT2D eigenvalue weighted by atomic mass is 9.82. The highest BCUT2D eigenvalue weighted by molar-refractivity contribution is 5.88. The first-order chi connectivity index (χ1) is 9.22. The maximum atomic E-state index is 13.7. The molecule has 0 saturated heterocycles. The predicted molar refractivity (Wildman–Crippen MR) is 71.0 cm³/mol. The normalized spacial score (nSPS) is 17.7. The predicted octanol–water partition coefficient (Wildman–Crippen LogP) is 3.97. The highest BCUT2D eigenvalue weighted by Crippen LogP contribution is 2.29.